The Bertz CT molecular complexity index is 457. The summed E-state index contributed by atoms with van der Waals surface area (Å²) in [5, 5.41) is 7.33. The van der Waals surface area contributed by atoms with Crippen LogP contribution in [0, 0.1) is 10.6 Å². The fourth-order valence-electron chi connectivity index (χ4n) is 1.62. The minimum absolute atomic E-state index is 0.985. The lowest BCUT2D eigenvalue weighted by molar-refractivity contribution is 0.968. The standard InChI is InChI=1S/C12H13IN2/c1-3-10-11(12(13)15-14-10)9-6-4-8(2)5-7-9/h4-7H,3H2,1-2H3,(H,14,15). The second-order valence-electron chi connectivity index (χ2n) is 3.59. The van der Waals surface area contributed by atoms with Crippen molar-refractivity contribution in [2.45, 2.75) is 20.3 Å². The van der Waals surface area contributed by atoms with Crippen molar-refractivity contribution < 1.29 is 0 Å². The molecule has 0 aliphatic carbocycles. The van der Waals surface area contributed by atoms with Crippen LogP contribution in [0.2, 0.25) is 0 Å². The third-order valence-corrected chi connectivity index (χ3v) is 3.27. The van der Waals surface area contributed by atoms with Crippen LogP contribution in [0.3, 0.4) is 0 Å². The van der Waals surface area contributed by atoms with E-state index in [4.69, 9.17) is 0 Å². The first kappa shape index (κ1) is 10.7. The smallest absolute Gasteiger partial charge is 0.131 e. The summed E-state index contributed by atoms with van der Waals surface area (Å²) in [6.45, 7) is 4.24. The van der Waals surface area contributed by atoms with Crippen LogP contribution >= 0.6 is 22.6 Å². The average Bonchev–Trinajstić information content (AvgIpc) is 2.61. The lowest BCUT2D eigenvalue weighted by Crippen LogP contribution is -1.86. The van der Waals surface area contributed by atoms with Crippen LogP contribution < -0.4 is 0 Å². The zero-order valence-electron chi connectivity index (χ0n) is 8.84. The molecule has 0 bridgehead atoms. The number of hydrogen-bond donors (Lipinski definition) is 1. The number of benzene rings is 1. The molecule has 15 heavy (non-hydrogen) atoms. The van der Waals surface area contributed by atoms with Gasteiger partial charge in [0.15, 0.2) is 0 Å². The van der Waals surface area contributed by atoms with Crippen molar-refractivity contribution in [2.75, 3.05) is 0 Å². The Morgan fingerprint density at radius 1 is 1.27 bits per heavy atom. The molecule has 2 aromatic rings. The summed E-state index contributed by atoms with van der Waals surface area (Å²) < 4.78 is 1.05. The number of aromatic amines is 1. The molecule has 0 atom stereocenters. The van der Waals surface area contributed by atoms with Gasteiger partial charge in [-0.1, -0.05) is 36.8 Å². The van der Waals surface area contributed by atoms with Crippen molar-refractivity contribution >= 4 is 22.6 Å². The molecule has 2 rings (SSSR count). The monoisotopic (exact) mass is 312 g/mol. The quantitative estimate of drug-likeness (QED) is 0.844. The van der Waals surface area contributed by atoms with Gasteiger partial charge in [0.25, 0.3) is 0 Å². The van der Waals surface area contributed by atoms with Crippen LogP contribution in [0.25, 0.3) is 11.1 Å². The highest BCUT2D eigenvalue weighted by molar-refractivity contribution is 14.1. The minimum atomic E-state index is 0.985. The molecule has 1 aromatic carbocycles. The van der Waals surface area contributed by atoms with Crippen LogP contribution in [0.5, 0.6) is 0 Å². The fourth-order valence-corrected chi connectivity index (χ4v) is 2.38. The highest BCUT2D eigenvalue weighted by atomic mass is 127. The lowest BCUT2D eigenvalue weighted by atomic mass is 10.0. The normalized spacial score (nSPS) is 10.6. The van der Waals surface area contributed by atoms with Crippen molar-refractivity contribution in [3.05, 3.63) is 39.2 Å². The summed E-state index contributed by atoms with van der Waals surface area (Å²) in [7, 11) is 0. The van der Waals surface area contributed by atoms with Gasteiger partial charge in [0.1, 0.15) is 3.70 Å². The zero-order chi connectivity index (χ0) is 10.8. The van der Waals surface area contributed by atoms with Gasteiger partial charge in [0.2, 0.25) is 0 Å². The van der Waals surface area contributed by atoms with Crippen LogP contribution in [0.4, 0.5) is 0 Å². The molecule has 1 N–H and O–H groups in total. The van der Waals surface area contributed by atoms with Crippen molar-refractivity contribution in [1.82, 2.24) is 10.2 Å². The van der Waals surface area contributed by atoms with Crippen LogP contribution in [-0.4, -0.2) is 10.2 Å². The third-order valence-electron chi connectivity index (χ3n) is 2.49. The number of nitrogens with zero attached hydrogens (tertiary/aromatic N) is 1. The molecular weight excluding hydrogens is 299 g/mol. The van der Waals surface area contributed by atoms with Gasteiger partial charge in [0, 0.05) is 11.3 Å². The van der Waals surface area contributed by atoms with Gasteiger partial charge in [-0.15, -0.1) is 0 Å². The van der Waals surface area contributed by atoms with Crippen molar-refractivity contribution in [2.24, 2.45) is 0 Å². The third kappa shape index (κ3) is 2.07. The molecule has 1 aromatic heterocycles. The van der Waals surface area contributed by atoms with E-state index in [0.717, 1.165) is 10.1 Å². The largest absolute Gasteiger partial charge is 0.281 e. The van der Waals surface area contributed by atoms with Gasteiger partial charge in [-0.2, -0.15) is 5.10 Å². The SMILES string of the molecule is CCc1[nH]nc(I)c1-c1ccc(C)cc1. The van der Waals surface area contributed by atoms with E-state index in [2.05, 4.69) is 70.9 Å². The van der Waals surface area contributed by atoms with Gasteiger partial charge in [-0.3, -0.25) is 5.10 Å². The Morgan fingerprint density at radius 2 is 1.93 bits per heavy atom. The second-order valence-corrected chi connectivity index (χ2v) is 4.61. The molecule has 0 aliphatic rings. The fraction of sp³-hybridized carbons (Fsp3) is 0.250. The molecule has 78 valence electrons. The molecule has 0 amide bonds. The number of aryl methyl sites for hydroxylation is 2. The molecule has 0 saturated carbocycles. The Labute approximate surface area is 103 Å². The van der Waals surface area contributed by atoms with Crippen LogP contribution in [-0.2, 0) is 6.42 Å². The molecule has 0 spiro atoms. The van der Waals surface area contributed by atoms with Gasteiger partial charge in [0.05, 0.1) is 0 Å². The van der Waals surface area contributed by atoms with Crippen LogP contribution in [0.15, 0.2) is 24.3 Å². The van der Waals surface area contributed by atoms with E-state index < -0.39 is 0 Å². The van der Waals surface area contributed by atoms with E-state index in [1.54, 1.807) is 0 Å². The number of aromatic nitrogens is 2. The van der Waals surface area contributed by atoms with Gasteiger partial charge < -0.3 is 0 Å². The van der Waals surface area contributed by atoms with E-state index in [1.165, 1.54) is 22.4 Å². The summed E-state index contributed by atoms with van der Waals surface area (Å²) in [4.78, 5) is 0. The maximum absolute atomic E-state index is 4.25. The lowest BCUT2D eigenvalue weighted by Gasteiger charge is -2.02. The Hall–Kier alpha value is -0.840. The molecule has 0 unspecified atom stereocenters. The highest BCUT2D eigenvalue weighted by Gasteiger charge is 2.11. The van der Waals surface area contributed by atoms with E-state index in [9.17, 15) is 0 Å². The number of H-pyrrole nitrogens is 1. The average molecular weight is 312 g/mol. The molecule has 2 nitrogen and oxygen atoms in total. The summed E-state index contributed by atoms with van der Waals surface area (Å²) >= 11 is 2.27. The van der Waals surface area contributed by atoms with E-state index in [1.807, 2.05) is 0 Å². The Balaban J connectivity index is 2.52. The topological polar surface area (TPSA) is 28.7 Å². The first-order chi connectivity index (χ1) is 7.22. The number of hydrogen-bond acceptors (Lipinski definition) is 1. The summed E-state index contributed by atoms with van der Waals surface area (Å²) in [5.41, 5.74) is 4.99. The molecule has 0 fully saturated rings. The van der Waals surface area contributed by atoms with Gasteiger partial charge in [-0.25, -0.2) is 0 Å². The molecule has 0 saturated heterocycles. The predicted molar refractivity (Wildman–Crippen MR) is 70.9 cm³/mol. The molecule has 1 heterocycles. The molecule has 0 aliphatic heterocycles. The zero-order valence-corrected chi connectivity index (χ0v) is 11.0. The van der Waals surface area contributed by atoms with Gasteiger partial charge in [-0.05, 0) is 41.5 Å². The second kappa shape index (κ2) is 4.35. The molecule has 0 radical (unpaired) electrons. The number of halogens is 1. The molecular formula is C12H13IN2. The Morgan fingerprint density at radius 3 is 2.53 bits per heavy atom. The predicted octanol–water partition coefficient (Wildman–Crippen LogP) is 3.55. The summed E-state index contributed by atoms with van der Waals surface area (Å²) in [6.07, 6.45) is 0.985. The Kier molecular flexibility index (Phi) is 3.09. The highest BCUT2D eigenvalue weighted by Crippen LogP contribution is 2.27. The van der Waals surface area contributed by atoms with Crippen molar-refractivity contribution in [1.29, 1.82) is 0 Å². The summed E-state index contributed by atoms with van der Waals surface area (Å²) in [6, 6.07) is 8.58. The minimum Gasteiger partial charge on any atom is -0.281 e. The maximum atomic E-state index is 4.25. The van der Waals surface area contributed by atoms with Crippen molar-refractivity contribution in [3.63, 3.8) is 0 Å². The maximum Gasteiger partial charge on any atom is 0.131 e. The number of rotatable bonds is 2. The first-order valence-corrected chi connectivity index (χ1v) is 6.10. The van der Waals surface area contributed by atoms with E-state index in [-0.39, 0.29) is 0 Å². The summed E-state index contributed by atoms with van der Waals surface area (Å²) in [5.74, 6) is 0. The first-order valence-electron chi connectivity index (χ1n) is 5.02. The molecule has 3 heteroatoms. The number of nitrogens with one attached hydrogen (secondary N) is 1. The van der Waals surface area contributed by atoms with Crippen molar-refractivity contribution in [3.8, 4) is 11.1 Å². The van der Waals surface area contributed by atoms with Gasteiger partial charge >= 0.3 is 0 Å². The van der Waals surface area contributed by atoms with E-state index >= 15 is 0 Å². The van der Waals surface area contributed by atoms with E-state index in [0.29, 0.717) is 0 Å². The van der Waals surface area contributed by atoms with Crippen LogP contribution in [0.1, 0.15) is 18.2 Å².